The molecule has 6 heteroatoms. The van der Waals surface area contributed by atoms with E-state index in [0.29, 0.717) is 16.9 Å². The second kappa shape index (κ2) is 5.35. The van der Waals surface area contributed by atoms with Gasteiger partial charge < -0.3 is 10.6 Å². The van der Waals surface area contributed by atoms with Crippen LogP contribution in [-0.2, 0) is 0 Å². The highest BCUT2D eigenvalue weighted by Crippen LogP contribution is 2.23. The van der Waals surface area contributed by atoms with Gasteiger partial charge in [-0.25, -0.2) is 8.78 Å². The van der Waals surface area contributed by atoms with Gasteiger partial charge in [-0.1, -0.05) is 12.2 Å². The zero-order valence-corrected chi connectivity index (χ0v) is 10.8. The van der Waals surface area contributed by atoms with Gasteiger partial charge in [0.2, 0.25) is 0 Å². The summed E-state index contributed by atoms with van der Waals surface area (Å²) < 4.78 is 24.8. The number of nitrogens with two attached hydrogens (primary N) is 1. The van der Waals surface area contributed by atoms with E-state index in [0.717, 1.165) is 5.69 Å². The second-order valence-electron chi connectivity index (χ2n) is 3.88. The van der Waals surface area contributed by atoms with Crippen LogP contribution < -0.4 is 10.6 Å². The molecule has 1 heterocycles. The van der Waals surface area contributed by atoms with Gasteiger partial charge in [-0.3, -0.25) is 4.98 Å². The molecular formula is C11H15F2N3S. The summed E-state index contributed by atoms with van der Waals surface area (Å²) in [7, 11) is 1.59. The number of aromatic nitrogens is 1. The molecule has 0 aliphatic rings. The lowest BCUT2D eigenvalue weighted by atomic mass is 10.1. The van der Waals surface area contributed by atoms with Crippen LogP contribution in [0.4, 0.5) is 14.5 Å². The molecule has 94 valence electrons. The molecule has 0 spiro atoms. The fraction of sp³-hybridized carbons (Fsp3) is 0.455. The molecule has 1 aromatic heterocycles. The highest BCUT2D eigenvalue weighted by Gasteiger charge is 2.16. The Kier molecular flexibility index (Phi) is 4.34. The zero-order valence-electron chi connectivity index (χ0n) is 10.00. The van der Waals surface area contributed by atoms with Crippen LogP contribution in [0.2, 0.25) is 0 Å². The maximum Gasteiger partial charge on any atom is 0.255 e. The molecule has 0 saturated heterocycles. The fourth-order valence-electron chi connectivity index (χ4n) is 1.72. The van der Waals surface area contributed by atoms with Crippen LogP contribution in [0.25, 0.3) is 0 Å². The molecule has 0 fully saturated rings. The monoisotopic (exact) mass is 259 g/mol. The Labute approximate surface area is 105 Å². The lowest BCUT2D eigenvalue weighted by Crippen LogP contribution is -2.28. The van der Waals surface area contributed by atoms with Crippen molar-refractivity contribution in [3.8, 4) is 0 Å². The summed E-state index contributed by atoms with van der Waals surface area (Å²) in [6.07, 6.45) is -2.41. The molecule has 0 unspecified atom stereocenters. The van der Waals surface area contributed by atoms with Crippen molar-refractivity contribution in [1.29, 1.82) is 0 Å². The first-order valence-corrected chi connectivity index (χ1v) is 5.51. The lowest BCUT2D eigenvalue weighted by molar-refractivity contribution is 0.156. The number of pyridine rings is 1. The van der Waals surface area contributed by atoms with E-state index in [2.05, 4.69) is 4.98 Å². The van der Waals surface area contributed by atoms with E-state index >= 15 is 0 Å². The number of thiocarbonyl (C=S) groups is 1. The Bertz CT molecular complexity index is 435. The minimum Gasteiger partial charge on any atom is -0.389 e. The molecule has 0 aliphatic carbocycles. The van der Waals surface area contributed by atoms with Crippen LogP contribution in [0, 0.1) is 13.8 Å². The number of halogens is 2. The SMILES string of the molecule is Cc1cc(N(C)CC(F)F)c(C(N)=S)c(C)n1. The maximum absolute atomic E-state index is 12.4. The third kappa shape index (κ3) is 3.33. The Morgan fingerprint density at radius 2 is 2.12 bits per heavy atom. The first-order valence-electron chi connectivity index (χ1n) is 5.10. The molecule has 0 radical (unpaired) electrons. The molecule has 1 rings (SSSR count). The van der Waals surface area contributed by atoms with Gasteiger partial charge in [0.25, 0.3) is 6.43 Å². The Hall–Kier alpha value is -1.30. The van der Waals surface area contributed by atoms with Crippen molar-refractivity contribution in [2.45, 2.75) is 20.3 Å². The van der Waals surface area contributed by atoms with Crippen LogP contribution in [-0.4, -0.2) is 30.0 Å². The van der Waals surface area contributed by atoms with Crippen molar-refractivity contribution in [3.63, 3.8) is 0 Å². The van der Waals surface area contributed by atoms with Gasteiger partial charge in [0, 0.05) is 18.4 Å². The topological polar surface area (TPSA) is 42.1 Å². The zero-order chi connectivity index (χ0) is 13.2. The number of hydrogen-bond donors (Lipinski definition) is 1. The lowest BCUT2D eigenvalue weighted by Gasteiger charge is -2.23. The van der Waals surface area contributed by atoms with Crippen LogP contribution >= 0.6 is 12.2 Å². The van der Waals surface area contributed by atoms with E-state index in [9.17, 15) is 8.78 Å². The molecule has 1 aromatic rings. The highest BCUT2D eigenvalue weighted by molar-refractivity contribution is 7.80. The van der Waals surface area contributed by atoms with E-state index in [1.165, 1.54) is 4.90 Å². The molecule has 0 atom stereocenters. The van der Waals surface area contributed by atoms with Gasteiger partial charge in [0.15, 0.2) is 0 Å². The number of anilines is 1. The van der Waals surface area contributed by atoms with Crippen molar-refractivity contribution in [2.75, 3.05) is 18.5 Å². The normalized spacial score (nSPS) is 10.7. The summed E-state index contributed by atoms with van der Waals surface area (Å²) in [5.41, 5.74) is 8.18. The van der Waals surface area contributed by atoms with Crippen molar-refractivity contribution in [3.05, 3.63) is 23.0 Å². The fourth-order valence-corrected chi connectivity index (χ4v) is 1.97. The summed E-state index contributed by atoms with van der Waals surface area (Å²) in [6.45, 7) is 3.20. The molecule has 0 amide bonds. The second-order valence-corrected chi connectivity index (χ2v) is 4.32. The molecule has 3 nitrogen and oxygen atoms in total. The summed E-state index contributed by atoms with van der Waals surface area (Å²) in [4.78, 5) is 5.85. The summed E-state index contributed by atoms with van der Waals surface area (Å²) in [6, 6.07) is 1.71. The van der Waals surface area contributed by atoms with Crippen LogP contribution in [0.3, 0.4) is 0 Å². The van der Waals surface area contributed by atoms with E-state index in [-0.39, 0.29) is 11.5 Å². The van der Waals surface area contributed by atoms with Crippen LogP contribution in [0.5, 0.6) is 0 Å². The molecule has 0 bridgehead atoms. The van der Waals surface area contributed by atoms with Crippen molar-refractivity contribution < 1.29 is 8.78 Å². The van der Waals surface area contributed by atoms with E-state index in [4.69, 9.17) is 18.0 Å². The van der Waals surface area contributed by atoms with E-state index < -0.39 is 6.43 Å². The first kappa shape index (κ1) is 13.8. The van der Waals surface area contributed by atoms with Crippen LogP contribution in [0.1, 0.15) is 17.0 Å². The minimum absolute atomic E-state index is 0.172. The Morgan fingerprint density at radius 3 is 2.59 bits per heavy atom. The number of rotatable bonds is 4. The molecule has 0 aliphatic heterocycles. The quantitative estimate of drug-likeness (QED) is 0.840. The average molecular weight is 259 g/mol. The summed E-state index contributed by atoms with van der Waals surface area (Å²) in [5, 5.41) is 0. The van der Waals surface area contributed by atoms with Gasteiger partial charge in [0.1, 0.15) is 4.99 Å². The van der Waals surface area contributed by atoms with Gasteiger partial charge in [-0.05, 0) is 19.9 Å². The van der Waals surface area contributed by atoms with Crippen molar-refractivity contribution >= 4 is 22.9 Å². The first-order chi connectivity index (χ1) is 7.82. The summed E-state index contributed by atoms with van der Waals surface area (Å²) >= 11 is 4.94. The number of hydrogen-bond acceptors (Lipinski definition) is 3. The van der Waals surface area contributed by atoms with Gasteiger partial charge >= 0.3 is 0 Å². The number of aryl methyl sites for hydroxylation is 2. The largest absolute Gasteiger partial charge is 0.389 e. The predicted molar refractivity (Wildman–Crippen MR) is 68.9 cm³/mol. The maximum atomic E-state index is 12.4. The average Bonchev–Trinajstić information content (AvgIpc) is 2.14. The molecular weight excluding hydrogens is 244 g/mol. The molecule has 17 heavy (non-hydrogen) atoms. The third-order valence-corrected chi connectivity index (χ3v) is 2.58. The summed E-state index contributed by atoms with van der Waals surface area (Å²) in [5.74, 6) is 0. The smallest absolute Gasteiger partial charge is 0.255 e. The van der Waals surface area contributed by atoms with Crippen LogP contribution in [0.15, 0.2) is 6.07 Å². The van der Waals surface area contributed by atoms with Gasteiger partial charge in [0.05, 0.1) is 17.8 Å². The van der Waals surface area contributed by atoms with Crippen molar-refractivity contribution in [2.24, 2.45) is 5.73 Å². The number of alkyl halides is 2. The molecule has 0 saturated carbocycles. The van der Waals surface area contributed by atoms with Gasteiger partial charge in [-0.2, -0.15) is 0 Å². The minimum atomic E-state index is -2.41. The van der Waals surface area contributed by atoms with Gasteiger partial charge in [-0.15, -0.1) is 0 Å². The molecule has 2 N–H and O–H groups in total. The third-order valence-electron chi connectivity index (χ3n) is 2.38. The highest BCUT2D eigenvalue weighted by atomic mass is 32.1. The molecule has 0 aromatic carbocycles. The Morgan fingerprint density at radius 1 is 1.53 bits per heavy atom. The number of nitrogens with zero attached hydrogens (tertiary/aromatic N) is 2. The van der Waals surface area contributed by atoms with E-state index in [1.54, 1.807) is 27.0 Å². The predicted octanol–water partition coefficient (Wildman–Crippen LogP) is 2.03. The standard InChI is InChI=1S/C11H15F2N3S/c1-6-4-8(16(3)5-9(12)13)10(11(14)17)7(2)15-6/h4,9H,5H2,1-3H3,(H2,14,17). The van der Waals surface area contributed by atoms with Crippen molar-refractivity contribution in [1.82, 2.24) is 4.98 Å². The van der Waals surface area contributed by atoms with E-state index in [1.807, 2.05) is 0 Å². The Balaban J connectivity index is 3.25.